The van der Waals surface area contributed by atoms with Gasteiger partial charge < -0.3 is 14.9 Å². The molecule has 3 heterocycles. The molecular formula is C18H17N5. The Labute approximate surface area is 134 Å². The van der Waals surface area contributed by atoms with Gasteiger partial charge in [0.15, 0.2) is 0 Å². The molecular weight excluding hydrogens is 286 g/mol. The largest absolute Gasteiger partial charge is 0.366 e. The Hall–Kier alpha value is -3.08. The van der Waals surface area contributed by atoms with Gasteiger partial charge in [0.25, 0.3) is 0 Å². The summed E-state index contributed by atoms with van der Waals surface area (Å²) in [5, 5.41) is 4.48. The molecule has 0 aliphatic rings. The van der Waals surface area contributed by atoms with Crippen LogP contribution in [0.5, 0.6) is 0 Å². The van der Waals surface area contributed by atoms with Crippen molar-refractivity contribution in [3.63, 3.8) is 0 Å². The highest BCUT2D eigenvalue weighted by molar-refractivity contribution is 5.77. The molecule has 0 saturated heterocycles. The van der Waals surface area contributed by atoms with Crippen LogP contribution in [-0.4, -0.2) is 19.5 Å². The number of pyridine rings is 1. The molecule has 0 atom stereocenters. The van der Waals surface area contributed by atoms with E-state index in [1.165, 1.54) is 5.56 Å². The number of aryl methyl sites for hydroxylation is 1. The maximum atomic E-state index is 4.54. The quantitative estimate of drug-likeness (QED) is 0.605. The van der Waals surface area contributed by atoms with E-state index >= 15 is 0 Å². The molecule has 0 radical (unpaired) electrons. The van der Waals surface area contributed by atoms with Crippen molar-refractivity contribution >= 4 is 16.9 Å². The van der Waals surface area contributed by atoms with E-state index in [-0.39, 0.29) is 0 Å². The predicted octanol–water partition coefficient (Wildman–Crippen LogP) is 3.67. The van der Waals surface area contributed by atoms with E-state index < -0.39 is 0 Å². The minimum absolute atomic E-state index is 0.738. The third-order valence-electron chi connectivity index (χ3n) is 3.92. The summed E-state index contributed by atoms with van der Waals surface area (Å²) in [6, 6.07) is 14.5. The number of hydrogen-bond donors (Lipinski definition) is 2. The number of aromatic amines is 1. The molecule has 5 heteroatoms. The first-order chi connectivity index (χ1) is 11.3. The topological polar surface area (TPSA) is 58.5 Å². The lowest BCUT2D eigenvalue weighted by Gasteiger charge is -2.08. The van der Waals surface area contributed by atoms with Crippen LogP contribution in [0.2, 0.25) is 0 Å². The molecule has 23 heavy (non-hydrogen) atoms. The molecule has 0 fully saturated rings. The lowest BCUT2D eigenvalue weighted by Crippen LogP contribution is -2.02. The molecule has 4 aromatic rings. The third-order valence-corrected chi connectivity index (χ3v) is 3.92. The molecule has 0 spiro atoms. The lowest BCUT2D eigenvalue weighted by atomic mass is 10.2. The molecule has 0 saturated carbocycles. The van der Waals surface area contributed by atoms with Crippen LogP contribution in [0.4, 0.5) is 5.82 Å². The van der Waals surface area contributed by atoms with Crippen molar-refractivity contribution in [2.45, 2.75) is 13.5 Å². The molecule has 5 nitrogen and oxygen atoms in total. The second kappa shape index (κ2) is 5.61. The van der Waals surface area contributed by atoms with Crippen LogP contribution in [0.25, 0.3) is 16.7 Å². The van der Waals surface area contributed by atoms with E-state index in [1.807, 2.05) is 37.6 Å². The van der Waals surface area contributed by atoms with Crippen LogP contribution >= 0.6 is 0 Å². The zero-order chi connectivity index (χ0) is 15.6. The average Bonchev–Trinajstić information content (AvgIpc) is 3.21. The molecule has 0 unspecified atom stereocenters. The van der Waals surface area contributed by atoms with Crippen molar-refractivity contribution in [2.24, 2.45) is 0 Å². The fraction of sp³-hybridized carbons (Fsp3) is 0.111. The van der Waals surface area contributed by atoms with Crippen LogP contribution in [0, 0.1) is 6.92 Å². The highest BCUT2D eigenvalue weighted by atomic mass is 15.1. The predicted molar refractivity (Wildman–Crippen MR) is 91.7 cm³/mol. The summed E-state index contributed by atoms with van der Waals surface area (Å²) in [6.45, 7) is 2.74. The summed E-state index contributed by atoms with van der Waals surface area (Å²) in [6.07, 6.45) is 5.68. The first-order valence-electron chi connectivity index (χ1n) is 7.57. The fourth-order valence-corrected chi connectivity index (χ4v) is 2.65. The Kier molecular flexibility index (Phi) is 3.31. The van der Waals surface area contributed by atoms with Crippen LogP contribution in [0.15, 0.2) is 61.1 Å². The minimum atomic E-state index is 0.738. The van der Waals surface area contributed by atoms with Crippen molar-refractivity contribution < 1.29 is 0 Å². The number of aromatic nitrogens is 4. The molecule has 0 bridgehead atoms. The molecule has 0 aliphatic heterocycles. The Morgan fingerprint density at radius 2 is 1.96 bits per heavy atom. The molecule has 4 rings (SSSR count). The maximum Gasteiger partial charge on any atom is 0.139 e. The number of imidazole rings is 1. The van der Waals surface area contributed by atoms with E-state index in [0.29, 0.717) is 0 Å². The van der Waals surface area contributed by atoms with Gasteiger partial charge in [-0.1, -0.05) is 12.1 Å². The summed E-state index contributed by atoms with van der Waals surface area (Å²) >= 11 is 0. The van der Waals surface area contributed by atoms with Gasteiger partial charge in [-0.2, -0.15) is 0 Å². The molecule has 0 amide bonds. The summed E-state index contributed by atoms with van der Waals surface area (Å²) < 4.78 is 2.07. The van der Waals surface area contributed by atoms with Gasteiger partial charge in [-0.3, -0.25) is 0 Å². The summed E-state index contributed by atoms with van der Waals surface area (Å²) in [4.78, 5) is 11.9. The van der Waals surface area contributed by atoms with Gasteiger partial charge >= 0.3 is 0 Å². The number of nitrogens with zero attached hydrogens (tertiary/aromatic N) is 3. The summed E-state index contributed by atoms with van der Waals surface area (Å²) in [5.41, 5.74) is 3.23. The van der Waals surface area contributed by atoms with E-state index in [0.717, 1.165) is 34.9 Å². The van der Waals surface area contributed by atoms with Crippen LogP contribution < -0.4 is 5.32 Å². The van der Waals surface area contributed by atoms with Gasteiger partial charge in [0.1, 0.15) is 17.3 Å². The highest BCUT2D eigenvalue weighted by Gasteiger charge is 2.02. The fourth-order valence-electron chi connectivity index (χ4n) is 2.65. The van der Waals surface area contributed by atoms with E-state index in [4.69, 9.17) is 0 Å². The zero-order valence-corrected chi connectivity index (χ0v) is 12.8. The molecule has 3 aromatic heterocycles. The van der Waals surface area contributed by atoms with Crippen molar-refractivity contribution in [2.75, 3.05) is 5.32 Å². The highest BCUT2D eigenvalue weighted by Crippen LogP contribution is 2.15. The monoisotopic (exact) mass is 303 g/mol. The van der Waals surface area contributed by atoms with E-state index in [9.17, 15) is 0 Å². The van der Waals surface area contributed by atoms with Crippen molar-refractivity contribution in [1.82, 2.24) is 19.5 Å². The van der Waals surface area contributed by atoms with Crippen LogP contribution in [-0.2, 0) is 6.54 Å². The average molecular weight is 303 g/mol. The number of anilines is 1. The lowest BCUT2D eigenvalue weighted by molar-refractivity contribution is 0.972. The Balaban J connectivity index is 1.47. The van der Waals surface area contributed by atoms with E-state index in [2.05, 4.69) is 55.2 Å². The van der Waals surface area contributed by atoms with Crippen molar-refractivity contribution in [1.29, 1.82) is 0 Å². The first-order valence-corrected chi connectivity index (χ1v) is 7.57. The Bertz CT molecular complexity index is 933. The van der Waals surface area contributed by atoms with Gasteiger partial charge in [0.05, 0.1) is 0 Å². The minimum Gasteiger partial charge on any atom is -0.366 e. The maximum absolute atomic E-state index is 4.54. The first kappa shape index (κ1) is 13.6. The van der Waals surface area contributed by atoms with Gasteiger partial charge in [-0.25, -0.2) is 9.97 Å². The van der Waals surface area contributed by atoms with Crippen LogP contribution in [0.1, 0.15) is 11.4 Å². The molecule has 1 aromatic carbocycles. The number of fused-ring (bicyclic) bond motifs is 1. The second-order valence-corrected chi connectivity index (χ2v) is 5.48. The zero-order valence-electron chi connectivity index (χ0n) is 12.8. The number of hydrogen-bond acceptors (Lipinski definition) is 3. The van der Waals surface area contributed by atoms with Crippen LogP contribution in [0.3, 0.4) is 0 Å². The number of rotatable bonds is 4. The third kappa shape index (κ3) is 2.68. The van der Waals surface area contributed by atoms with Gasteiger partial charge in [-0.15, -0.1) is 0 Å². The Morgan fingerprint density at radius 1 is 1.09 bits per heavy atom. The SMILES string of the molecule is Cc1nccn1-c1ccc(CNc2ccc3cc[nH]c3n2)cc1. The molecule has 2 N–H and O–H groups in total. The number of H-pyrrole nitrogens is 1. The van der Waals surface area contributed by atoms with Crippen molar-refractivity contribution in [3.8, 4) is 5.69 Å². The van der Waals surface area contributed by atoms with E-state index in [1.54, 1.807) is 0 Å². The van der Waals surface area contributed by atoms with Gasteiger partial charge in [0.2, 0.25) is 0 Å². The second-order valence-electron chi connectivity index (χ2n) is 5.48. The Morgan fingerprint density at radius 3 is 2.74 bits per heavy atom. The van der Waals surface area contributed by atoms with Crippen molar-refractivity contribution in [3.05, 3.63) is 72.4 Å². The number of benzene rings is 1. The smallest absolute Gasteiger partial charge is 0.139 e. The summed E-state index contributed by atoms with van der Waals surface area (Å²) in [7, 11) is 0. The van der Waals surface area contributed by atoms with Gasteiger partial charge in [0, 0.05) is 36.2 Å². The number of nitrogens with one attached hydrogen (secondary N) is 2. The summed E-state index contributed by atoms with van der Waals surface area (Å²) in [5.74, 6) is 1.86. The normalized spacial score (nSPS) is 11.0. The standard InChI is InChI=1S/C18H17N5/c1-13-19-10-11-23(13)16-5-2-14(3-6-16)12-21-17-7-4-15-8-9-20-18(15)22-17/h2-11H,12H2,1H3,(H2,20,21,22). The molecule has 0 aliphatic carbocycles. The van der Waals surface area contributed by atoms with Gasteiger partial charge in [-0.05, 0) is 42.8 Å². The molecule has 114 valence electrons.